The average Bonchev–Trinajstić information content (AvgIpc) is 3.12. The van der Waals surface area contributed by atoms with Gasteiger partial charge in [-0.1, -0.05) is 138 Å². The van der Waals surface area contributed by atoms with Crippen molar-refractivity contribution in [1.82, 2.24) is 0 Å². The predicted molar refractivity (Wildman–Crippen MR) is 226 cm³/mol. The summed E-state index contributed by atoms with van der Waals surface area (Å²) >= 11 is 0. The predicted octanol–water partition coefficient (Wildman–Crippen LogP) is 11.7. The Bertz CT molecular complexity index is 1090. The number of quaternary nitrogens is 1. The fraction of sp³-hybridized carbons (Fsp3) is 0.711. The number of hydrogen-bond acceptors (Lipinski definition) is 7. The number of nitrogens with zero attached hydrogens (tertiary/aromatic N) is 1. The first-order chi connectivity index (χ1) is 26.1. The van der Waals surface area contributed by atoms with Crippen LogP contribution in [0.2, 0.25) is 0 Å². The molecule has 0 spiro atoms. The lowest BCUT2D eigenvalue weighted by Gasteiger charge is -2.28. The number of rotatable bonds is 38. The summed E-state index contributed by atoms with van der Waals surface area (Å²) in [5.41, 5.74) is 0. The van der Waals surface area contributed by atoms with Gasteiger partial charge in [-0.3, -0.25) is 9.36 Å². The summed E-state index contributed by atoms with van der Waals surface area (Å²) in [7, 11) is 1.32. The molecule has 0 aromatic rings. The van der Waals surface area contributed by atoms with Crippen molar-refractivity contribution in [2.45, 2.75) is 155 Å². The highest BCUT2D eigenvalue weighted by atomic mass is 31.2. The van der Waals surface area contributed by atoms with E-state index in [4.69, 9.17) is 18.5 Å². The normalized spacial score (nSPS) is 14.6. The van der Waals surface area contributed by atoms with Crippen molar-refractivity contribution >= 4 is 13.8 Å². The largest absolute Gasteiger partial charge is 0.756 e. The van der Waals surface area contributed by atoms with Gasteiger partial charge in [0.15, 0.2) is 0 Å². The maximum atomic E-state index is 12.7. The third kappa shape index (κ3) is 41.1. The monoisotopic (exact) mass is 778 g/mol. The average molecular weight is 778 g/mol. The Morgan fingerprint density at radius 3 is 1.63 bits per heavy atom. The molecule has 0 aliphatic rings. The van der Waals surface area contributed by atoms with Gasteiger partial charge in [-0.2, -0.15) is 0 Å². The number of hydrogen-bond donors (Lipinski definition) is 0. The molecular formula is C45H80NO7P. The summed E-state index contributed by atoms with van der Waals surface area (Å²) in [5, 5.41) is 0. The van der Waals surface area contributed by atoms with Gasteiger partial charge in [0, 0.05) is 13.0 Å². The van der Waals surface area contributed by atoms with Gasteiger partial charge in [0.1, 0.15) is 19.3 Å². The highest BCUT2D eigenvalue weighted by Crippen LogP contribution is 2.38. The first kappa shape index (κ1) is 51.9. The molecule has 0 N–H and O–H groups in total. The molecule has 0 saturated carbocycles. The van der Waals surface area contributed by atoms with Crippen LogP contribution in [-0.2, 0) is 27.9 Å². The summed E-state index contributed by atoms with van der Waals surface area (Å²) in [6.07, 6.45) is 47.7. The number of likely N-dealkylation sites (N-methyl/N-ethyl adjacent to an activating group) is 1. The number of allylic oxidation sites excluding steroid dienone is 12. The minimum absolute atomic E-state index is 0.0170. The van der Waals surface area contributed by atoms with Crippen LogP contribution >= 0.6 is 7.82 Å². The molecule has 0 aliphatic heterocycles. The number of unbranched alkanes of at least 4 members (excludes halogenated alkanes) is 12. The van der Waals surface area contributed by atoms with Crippen LogP contribution in [0.1, 0.15) is 149 Å². The van der Waals surface area contributed by atoms with E-state index in [1.165, 1.54) is 32.1 Å². The molecule has 0 fully saturated rings. The van der Waals surface area contributed by atoms with Crippen LogP contribution in [0.4, 0.5) is 0 Å². The molecule has 54 heavy (non-hydrogen) atoms. The first-order valence-corrected chi connectivity index (χ1v) is 22.6. The molecule has 312 valence electrons. The zero-order chi connectivity index (χ0) is 39.9. The van der Waals surface area contributed by atoms with Crippen molar-refractivity contribution < 1.29 is 37.3 Å². The maximum absolute atomic E-state index is 12.7. The highest BCUT2D eigenvalue weighted by Gasteiger charge is 2.20. The third-order valence-electron chi connectivity index (χ3n) is 8.47. The highest BCUT2D eigenvalue weighted by molar-refractivity contribution is 7.45. The standard InChI is InChI=1S/C45H80NO7P/c1-6-8-10-12-14-16-18-19-20-21-22-23-24-25-26-27-28-30-32-34-36-38-45(47)53-44(43-52-54(48,49)51-41-39-46(3,4)5)42-50-40-37-35-33-31-29-17-15-13-11-9-7-2/h8,10-11,13-14,16,19-20,22-23,25-26,44H,6-7,9,12,15,17-18,21,24,27-43H2,1-5H3/b10-8-,13-11-,16-14-,20-19-,23-22-,26-25-. The number of carbonyl (C=O) groups is 1. The molecule has 0 saturated heterocycles. The second-order valence-corrected chi connectivity index (χ2v) is 16.4. The molecule has 0 rings (SSSR count). The van der Waals surface area contributed by atoms with Crippen molar-refractivity contribution in [3.05, 3.63) is 72.9 Å². The molecule has 0 aromatic carbocycles. The van der Waals surface area contributed by atoms with Gasteiger partial charge in [0.05, 0.1) is 34.4 Å². The van der Waals surface area contributed by atoms with Crippen molar-refractivity contribution in [2.24, 2.45) is 0 Å². The molecule has 0 aliphatic carbocycles. The molecule has 0 amide bonds. The van der Waals surface area contributed by atoms with E-state index < -0.39 is 13.9 Å². The van der Waals surface area contributed by atoms with E-state index in [2.05, 4.69) is 86.8 Å². The minimum Gasteiger partial charge on any atom is -0.756 e. The third-order valence-corrected chi connectivity index (χ3v) is 9.44. The van der Waals surface area contributed by atoms with Gasteiger partial charge in [0.25, 0.3) is 7.82 Å². The van der Waals surface area contributed by atoms with E-state index in [0.29, 0.717) is 17.6 Å². The Labute approximate surface area is 332 Å². The molecule has 2 atom stereocenters. The molecule has 0 heterocycles. The smallest absolute Gasteiger partial charge is 0.306 e. The molecule has 2 unspecified atom stereocenters. The number of phosphoric acid groups is 1. The summed E-state index contributed by atoms with van der Waals surface area (Å²) < 4.78 is 34.5. The second kappa shape index (κ2) is 37.8. The van der Waals surface area contributed by atoms with Crippen LogP contribution in [0, 0.1) is 0 Å². The molecule has 0 radical (unpaired) electrons. The summed E-state index contributed by atoms with van der Waals surface area (Å²) in [6.45, 7) is 5.18. The second-order valence-electron chi connectivity index (χ2n) is 15.0. The maximum Gasteiger partial charge on any atom is 0.306 e. The number of ether oxygens (including phenoxy) is 2. The van der Waals surface area contributed by atoms with E-state index in [-0.39, 0.29) is 32.2 Å². The van der Waals surface area contributed by atoms with Crippen LogP contribution in [0.15, 0.2) is 72.9 Å². The molecule has 8 nitrogen and oxygen atoms in total. The lowest BCUT2D eigenvalue weighted by atomic mass is 10.1. The first-order valence-electron chi connectivity index (χ1n) is 21.2. The van der Waals surface area contributed by atoms with Crippen LogP contribution < -0.4 is 4.89 Å². The van der Waals surface area contributed by atoms with Gasteiger partial charge in [-0.25, -0.2) is 0 Å². The molecule has 0 bridgehead atoms. The van der Waals surface area contributed by atoms with E-state index in [1.807, 2.05) is 21.1 Å². The van der Waals surface area contributed by atoms with Gasteiger partial charge in [-0.05, 0) is 77.0 Å². The number of phosphoric ester groups is 1. The van der Waals surface area contributed by atoms with Crippen LogP contribution in [0.25, 0.3) is 0 Å². The van der Waals surface area contributed by atoms with Crippen molar-refractivity contribution in [2.75, 3.05) is 54.1 Å². The van der Waals surface area contributed by atoms with E-state index in [0.717, 1.165) is 96.3 Å². The zero-order valence-corrected chi connectivity index (χ0v) is 36.0. The fourth-order valence-corrected chi connectivity index (χ4v) is 5.95. The van der Waals surface area contributed by atoms with Crippen LogP contribution in [-0.4, -0.2) is 70.7 Å². The topological polar surface area (TPSA) is 94.1 Å². The van der Waals surface area contributed by atoms with Crippen molar-refractivity contribution in [3.8, 4) is 0 Å². The molecular weight excluding hydrogens is 697 g/mol. The Balaban J connectivity index is 4.28. The minimum atomic E-state index is -4.53. The number of esters is 1. The Morgan fingerprint density at radius 2 is 1.07 bits per heavy atom. The zero-order valence-electron chi connectivity index (χ0n) is 35.1. The van der Waals surface area contributed by atoms with E-state index in [1.54, 1.807) is 0 Å². The van der Waals surface area contributed by atoms with Gasteiger partial charge in [-0.15, -0.1) is 0 Å². The van der Waals surface area contributed by atoms with Gasteiger partial charge >= 0.3 is 5.97 Å². The Morgan fingerprint density at radius 1 is 0.593 bits per heavy atom. The Kier molecular flexibility index (Phi) is 36.4. The number of carbonyl (C=O) groups excluding carboxylic acids is 1. The quantitative estimate of drug-likeness (QED) is 0.0202. The van der Waals surface area contributed by atoms with Gasteiger partial charge in [0.2, 0.25) is 0 Å². The SMILES string of the molecule is CC/C=C\C/C=C\C/C=C\C/C=C\C/C=C\CCCCCCCC(=O)OC(COCCCCCCCC/C=C\CCC)COP(=O)([O-])OCC[N+](C)(C)C. The van der Waals surface area contributed by atoms with Crippen molar-refractivity contribution in [3.63, 3.8) is 0 Å². The molecule has 0 aromatic heterocycles. The van der Waals surface area contributed by atoms with Crippen LogP contribution in [0.5, 0.6) is 0 Å². The summed E-state index contributed by atoms with van der Waals surface area (Å²) in [5.74, 6) is -0.359. The van der Waals surface area contributed by atoms with Gasteiger partial charge < -0.3 is 27.9 Å². The fourth-order valence-electron chi connectivity index (χ4n) is 5.22. The lowest BCUT2D eigenvalue weighted by molar-refractivity contribution is -0.870. The Hall–Kier alpha value is -2.06. The summed E-state index contributed by atoms with van der Waals surface area (Å²) in [6, 6.07) is 0. The van der Waals surface area contributed by atoms with E-state index in [9.17, 15) is 14.3 Å². The molecule has 9 heteroatoms. The lowest BCUT2D eigenvalue weighted by Crippen LogP contribution is -2.37. The van der Waals surface area contributed by atoms with Crippen molar-refractivity contribution in [1.29, 1.82) is 0 Å². The van der Waals surface area contributed by atoms with Crippen LogP contribution in [0.3, 0.4) is 0 Å². The summed E-state index contributed by atoms with van der Waals surface area (Å²) in [4.78, 5) is 25.0. The van der Waals surface area contributed by atoms with E-state index >= 15 is 0 Å².